The molecular weight excluding hydrogens is 183 g/mol. The second-order valence-corrected chi connectivity index (χ2v) is 2.51. The van der Waals surface area contributed by atoms with Gasteiger partial charge in [0.15, 0.2) is 0 Å². The van der Waals surface area contributed by atoms with Crippen molar-refractivity contribution in [1.29, 1.82) is 0 Å². The van der Waals surface area contributed by atoms with Gasteiger partial charge in [0.05, 0.1) is 0 Å². The van der Waals surface area contributed by atoms with E-state index in [9.17, 15) is 4.79 Å². The number of carboxylic acids is 1. The minimum Gasteiger partial charge on any atom is -0.539 e. The Hall–Kier alpha value is -1.75. The van der Waals surface area contributed by atoms with Crippen LogP contribution in [0.1, 0.15) is 5.56 Å². The normalized spacial score (nSPS) is 10.1. The van der Waals surface area contributed by atoms with Gasteiger partial charge in [-0.05, 0) is 23.8 Å². The Labute approximate surface area is 81.8 Å². The predicted molar refractivity (Wildman–Crippen MR) is 53.1 cm³/mol. The van der Waals surface area contributed by atoms with Crippen molar-refractivity contribution in [3.05, 3.63) is 35.9 Å². The van der Waals surface area contributed by atoms with Gasteiger partial charge in [0.25, 0.3) is 0 Å². The zero-order valence-electron chi connectivity index (χ0n) is 7.38. The topological polar surface area (TPSA) is 66.8 Å². The summed E-state index contributed by atoms with van der Waals surface area (Å²) in [6.07, 6.45) is 2.53. The van der Waals surface area contributed by atoms with Gasteiger partial charge >= 0.3 is 13.7 Å². The van der Waals surface area contributed by atoms with E-state index in [1.807, 2.05) is 0 Å². The second kappa shape index (κ2) is 5.09. The van der Waals surface area contributed by atoms with E-state index in [-0.39, 0.29) is 7.69 Å². The molecule has 0 aliphatic carbocycles. The number of carbonyl (C=O) groups is 1. The molecule has 0 unspecified atom stereocenters. The van der Waals surface area contributed by atoms with E-state index in [4.69, 9.17) is 14.8 Å². The van der Waals surface area contributed by atoms with E-state index >= 15 is 0 Å². The molecule has 0 aromatic heterocycles. The van der Waals surface area contributed by atoms with Crippen molar-refractivity contribution in [1.82, 2.24) is 0 Å². The van der Waals surface area contributed by atoms with E-state index in [1.165, 1.54) is 6.08 Å². The van der Waals surface area contributed by atoms with Gasteiger partial charge in [-0.1, -0.05) is 12.1 Å². The summed E-state index contributed by atoms with van der Waals surface area (Å²) >= 11 is 0. The molecule has 2 N–H and O–H groups in total. The first-order valence-corrected chi connectivity index (χ1v) is 3.97. The van der Waals surface area contributed by atoms with Gasteiger partial charge in [0.2, 0.25) is 0 Å². The average Bonchev–Trinajstić information content (AvgIpc) is 2.17. The van der Waals surface area contributed by atoms with Crippen LogP contribution in [0.25, 0.3) is 6.08 Å². The zero-order valence-corrected chi connectivity index (χ0v) is 7.38. The minimum atomic E-state index is -0.985. The van der Waals surface area contributed by atoms with Crippen LogP contribution in [0.3, 0.4) is 0 Å². The average molecular weight is 192 g/mol. The van der Waals surface area contributed by atoms with Crippen LogP contribution in [0.4, 0.5) is 0 Å². The molecule has 0 spiro atoms. The smallest absolute Gasteiger partial charge is 0.504 e. The van der Waals surface area contributed by atoms with Gasteiger partial charge < -0.3 is 14.8 Å². The molecule has 1 rings (SSSR count). The van der Waals surface area contributed by atoms with Crippen LogP contribution in [-0.4, -0.2) is 23.8 Å². The van der Waals surface area contributed by atoms with Crippen LogP contribution in [0.2, 0.25) is 0 Å². The third-order valence-corrected chi connectivity index (χ3v) is 1.53. The highest BCUT2D eigenvalue weighted by molar-refractivity contribution is 6.17. The van der Waals surface area contributed by atoms with Crippen LogP contribution < -0.4 is 4.65 Å². The number of hydrogen-bond acceptors (Lipinski definition) is 3. The molecule has 4 nitrogen and oxygen atoms in total. The van der Waals surface area contributed by atoms with E-state index in [1.54, 1.807) is 24.3 Å². The van der Waals surface area contributed by atoms with Crippen LogP contribution in [-0.2, 0) is 4.79 Å². The highest BCUT2D eigenvalue weighted by Crippen LogP contribution is 2.12. The van der Waals surface area contributed by atoms with E-state index in [0.29, 0.717) is 5.75 Å². The molecule has 0 atom stereocenters. The Morgan fingerprint density at radius 2 is 2.00 bits per heavy atom. The number of aliphatic carboxylic acids is 1. The molecule has 0 amide bonds. The lowest BCUT2D eigenvalue weighted by Gasteiger charge is -2.00. The van der Waals surface area contributed by atoms with E-state index in [0.717, 1.165) is 11.6 Å². The maximum absolute atomic E-state index is 10.2. The molecule has 0 saturated carbocycles. The number of hydrogen-bond donors (Lipinski definition) is 2. The summed E-state index contributed by atoms with van der Waals surface area (Å²) in [4.78, 5) is 10.2. The predicted octanol–water partition coefficient (Wildman–Crippen LogP) is 0.422. The number of rotatable bonds is 4. The third-order valence-electron chi connectivity index (χ3n) is 1.53. The summed E-state index contributed by atoms with van der Waals surface area (Å²) in [5, 5.41) is 16.8. The van der Waals surface area contributed by atoms with Crippen LogP contribution in [0, 0.1) is 0 Å². The molecule has 0 radical (unpaired) electrons. The van der Waals surface area contributed by atoms with Crippen LogP contribution >= 0.6 is 0 Å². The monoisotopic (exact) mass is 192 g/mol. The fourth-order valence-electron chi connectivity index (χ4n) is 0.917. The molecule has 72 valence electrons. The van der Waals surface area contributed by atoms with Gasteiger partial charge in [0.1, 0.15) is 5.75 Å². The molecule has 14 heavy (non-hydrogen) atoms. The third kappa shape index (κ3) is 3.32. The first-order valence-electron chi connectivity index (χ1n) is 3.97. The second-order valence-electron chi connectivity index (χ2n) is 2.51. The standard InChI is InChI=1S/C9H9BO4/c11-9(12)6-3-7-1-4-8(5-2-7)14-10-13/h1-6,10,13H,(H,11,12)/b6-3+. The summed E-state index contributed by atoms with van der Waals surface area (Å²) in [5.41, 5.74) is 0.762. The van der Waals surface area contributed by atoms with Crippen LogP contribution in [0.5, 0.6) is 5.75 Å². The van der Waals surface area contributed by atoms with Crippen molar-refractivity contribution in [2.75, 3.05) is 0 Å². The lowest BCUT2D eigenvalue weighted by Crippen LogP contribution is -1.99. The van der Waals surface area contributed by atoms with Gasteiger partial charge in [-0.2, -0.15) is 0 Å². The molecule has 5 heteroatoms. The first kappa shape index (κ1) is 10.3. The van der Waals surface area contributed by atoms with E-state index in [2.05, 4.69) is 0 Å². The largest absolute Gasteiger partial charge is 0.539 e. The minimum absolute atomic E-state index is 0.371. The molecule has 0 heterocycles. The maximum Gasteiger partial charge on any atom is 0.504 e. The van der Waals surface area contributed by atoms with Crippen molar-refractivity contribution < 1.29 is 19.6 Å². The SMILES string of the molecule is O=C(O)/C=C/c1ccc(OBO)cc1. The zero-order chi connectivity index (χ0) is 10.4. The summed E-state index contributed by atoms with van der Waals surface area (Å²) in [5.74, 6) is -0.444. The summed E-state index contributed by atoms with van der Waals surface area (Å²) in [6, 6.07) is 6.70. The summed E-state index contributed by atoms with van der Waals surface area (Å²) in [7, 11) is -0.371. The number of benzene rings is 1. The summed E-state index contributed by atoms with van der Waals surface area (Å²) in [6.45, 7) is 0. The van der Waals surface area contributed by atoms with Crippen molar-refractivity contribution >= 4 is 19.7 Å². The molecule has 0 aliphatic heterocycles. The van der Waals surface area contributed by atoms with E-state index < -0.39 is 5.97 Å². The Morgan fingerprint density at radius 1 is 1.36 bits per heavy atom. The maximum atomic E-state index is 10.2. The lowest BCUT2D eigenvalue weighted by atomic mass is 10.2. The van der Waals surface area contributed by atoms with Gasteiger partial charge in [-0.3, -0.25) is 0 Å². The van der Waals surface area contributed by atoms with Crippen molar-refractivity contribution in [3.63, 3.8) is 0 Å². The highest BCUT2D eigenvalue weighted by Gasteiger charge is 1.93. The highest BCUT2D eigenvalue weighted by atomic mass is 16.5. The van der Waals surface area contributed by atoms with Crippen LogP contribution in [0.15, 0.2) is 30.3 Å². The molecule has 1 aromatic rings. The Balaban J connectivity index is 2.68. The molecular formula is C9H9BO4. The van der Waals surface area contributed by atoms with Crippen molar-refractivity contribution in [3.8, 4) is 5.75 Å². The number of carboxylic acid groups (broad SMARTS) is 1. The Bertz CT molecular complexity index is 331. The fourth-order valence-corrected chi connectivity index (χ4v) is 0.917. The molecule has 0 bridgehead atoms. The Kier molecular flexibility index (Phi) is 3.76. The van der Waals surface area contributed by atoms with Gasteiger partial charge in [0, 0.05) is 6.08 Å². The lowest BCUT2D eigenvalue weighted by molar-refractivity contribution is -0.131. The van der Waals surface area contributed by atoms with Crippen molar-refractivity contribution in [2.24, 2.45) is 0 Å². The first-order chi connectivity index (χ1) is 6.72. The molecule has 0 fully saturated rings. The Morgan fingerprint density at radius 3 is 2.50 bits per heavy atom. The molecule has 1 aromatic carbocycles. The molecule has 0 saturated heterocycles. The molecule has 0 aliphatic rings. The van der Waals surface area contributed by atoms with Gasteiger partial charge in [-0.25, -0.2) is 4.79 Å². The fraction of sp³-hybridized carbons (Fsp3) is 0. The quantitative estimate of drug-likeness (QED) is 0.535. The summed E-state index contributed by atoms with van der Waals surface area (Å²) < 4.78 is 4.80. The van der Waals surface area contributed by atoms with Gasteiger partial charge in [-0.15, -0.1) is 0 Å². The van der Waals surface area contributed by atoms with Crippen molar-refractivity contribution in [2.45, 2.75) is 0 Å².